The van der Waals surface area contributed by atoms with Gasteiger partial charge in [0.2, 0.25) is 5.91 Å². The van der Waals surface area contributed by atoms with Gasteiger partial charge in [-0.05, 0) is 17.8 Å². The van der Waals surface area contributed by atoms with Gasteiger partial charge in [0.25, 0.3) is 0 Å². The molecule has 0 saturated heterocycles. The van der Waals surface area contributed by atoms with E-state index in [2.05, 4.69) is 41.5 Å². The molecule has 84 valence electrons. The fourth-order valence-electron chi connectivity index (χ4n) is 2.95. The molecule has 1 atom stereocenters. The molecular formula is C12H25NO. The van der Waals surface area contributed by atoms with Gasteiger partial charge in [0.15, 0.2) is 0 Å². The molecule has 0 bridgehead atoms. The second kappa shape index (κ2) is 4.81. The molecule has 0 aliphatic carbocycles. The van der Waals surface area contributed by atoms with Gasteiger partial charge in [0.05, 0.1) is 5.41 Å². The molecule has 0 aliphatic rings. The topological polar surface area (TPSA) is 43.1 Å². The van der Waals surface area contributed by atoms with Crippen LogP contribution in [-0.2, 0) is 4.79 Å². The number of amides is 1. The average molecular weight is 199 g/mol. The minimum Gasteiger partial charge on any atom is -0.369 e. The van der Waals surface area contributed by atoms with Crippen LogP contribution in [0.4, 0.5) is 0 Å². The molecule has 1 unspecified atom stereocenters. The Morgan fingerprint density at radius 1 is 1.14 bits per heavy atom. The second-order valence-electron chi connectivity index (χ2n) is 4.92. The maximum Gasteiger partial charge on any atom is 0.224 e. The lowest BCUT2D eigenvalue weighted by atomic mass is 9.60. The van der Waals surface area contributed by atoms with E-state index in [1.54, 1.807) is 0 Å². The number of rotatable bonds is 5. The van der Waals surface area contributed by atoms with E-state index in [-0.39, 0.29) is 11.3 Å². The maximum absolute atomic E-state index is 11.7. The quantitative estimate of drug-likeness (QED) is 0.727. The summed E-state index contributed by atoms with van der Waals surface area (Å²) in [4.78, 5) is 11.7. The average Bonchev–Trinajstić information content (AvgIpc) is 2.02. The molecule has 0 radical (unpaired) electrons. The van der Waals surface area contributed by atoms with E-state index in [1.807, 2.05) is 0 Å². The Bertz CT molecular complexity index is 188. The number of hydrogen-bond acceptors (Lipinski definition) is 1. The first kappa shape index (κ1) is 13.5. The first-order valence-electron chi connectivity index (χ1n) is 5.61. The Labute approximate surface area is 88.3 Å². The number of carbonyl (C=O) groups excluding carboxylic acids is 1. The summed E-state index contributed by atoms with van der Waals surface area (Å²) in [5.41, 5.74) is 5.26. The fraction of sp³-hybridized carbons (Fsp3) is 0.917. The Balaban J connectivity index is 5.27. The van der Waals surface area contributed by atoms with Crippen LogP contribution in [0.25, 0.3) is 0 Å². The van der Waals surface area contributed by atoms with Crippen molar-refractivity contribution in [3.05, 3.63) is 0 Å². The van der Waals surface area contributed by atoms with E-state index in [0.29, 0.717) is 17.8 Å². The molecule has 2 N–H and O–H groups in total. The van der Waals surface area contributed by atoms with E-state index < -0.39 is 0 Å². The van der Waals surface area contributed by atoms with Crippen molar-refractivity contribution in [3.8, 4) is 0 Å². The molecule has 0 aromatic rings. The van der Waals surface area contributed by atoms with Gasteiger partial charge in [-0.2, -0.15) is 0 Å². The van der Waals surface area contributed by atoms with Crippen molar-refractivity contribution < 1.29 is 4.79 Å². The summed E-state index contributed by atoms with van der Waals surface area (Å²) >= 11 is 0. The van der Waals surface area contributed by atoms with E-state index in [0.717, 1.165) is 6.42 Å². The predicted octanol–water partition coefficient (Wildman–Crippen LogP) is 2.82. The van der Waals surface area contributed by atoms with Gasteiger partial charge in [-0.3, -0.25) is 4.79 Å². The third-order valence-corrected chi connectivity index (χ3v) is 3.77. The Hall–Kier alpha value is -0.530. The maximum atomic E-state index is 11.7. The molecule has 0 heterocycles. The lowest BCUT2D eigenvalue weighted by Gasteiger charge is -2.43. The van der Waals surface area contributed by atoms with Gasteiger partial charge in [0, 0.05) is 0 Å². The van der Waals surface area contributed by atoms with Crippen LogP contribution in [0.2, 0.25) is 0 Å². The molecule has 2 heteroatoms. The SMILES string of the molecule is CCC(C)C(C(N)=O)(C(C)C)C(C)C. The zero-order chi connectivity index (χ0) is 11.5. The summed E-state index contributed by atoms with van der Waals surface area (Å²) in [6, 6.07) is 0. The Morgan fingerprint density at radius 2 is 1.50 bits per heavy atom. The molecule has 0 aromatic heterocycles. The molecular weight excluding hydrogens is 174 g/mol. The highest BCUT2D eigenvalue weighted by Crippen LogP contribution is 2.44. The van der Waals surface area contributed by atoms with Crippen LogP contribution < -0.4 is 5.73 Å². The van der Waals surface area contributed by atoms with Crippen molar-refractivity contribution in [2.24, 2.45) is 28.9 Å². The van der Waals surface area contributed by atoms with Crippen molar-refractivity contribution in [2.45, 2.75) is 48.0 Å². The van der Waals surface area contributed by atoms with Crippen molar-refractivity contribution in [1.82, 2.24) is 0 Å². The molecule has 2 nitrogen and oxygen atoms in total. The number of hydrogen-bond donors (Lipinski definition) is 1. The van der Waals surface area contributed by atoms with Gasteiger partial charge in [0.1, 0.15) is 0 Å². The fourth-order valence-corrected chi connectivity index (χ4v) is 2.95. The summed E-state index contributed by atoms with van der Waals surface area (Å²) in [6.45, 7) is 12.6. The van der Waals surface area contributed by atoms with Gasteiger partial charge in [-0.1, -0.05) is 48.0 Å². The number of primary amides is 1. The zero-order valence-corrected chi connectivity index (χ0v) is 10.4. The van der Waals surface area contributed by atoms with E-state index >= 15 is 0 Å². The number of carbonyl (C=O) groups is 1. The first-order valence-corrected chi connectivity index (χ1v) is 5.61. The predicted molar refractivity (Wildman–Crippen MR) is 60.8 cm³/mol. The monoisotopic (exact) mass is 199 g/mol. The molecule has 0 aliphatic heterocycles. The van der Waals surface area contributed by atoms with Crippen LogP contribution in [0, 0.1) is 23.2 Å². The largest absolute Gasteiger partial charge is 0.369 e. The molecule has 0 saturated carbocycles. The normalized spacial score (nSPS) is 14.9. The van der Waals surface area contributed by atoms with Crippen LogP contribution >= 0.6 is 0 Å². The van der Waals surface area contributed by atoms with E-state index in [4.69, 9.17) is 5.73 Å². The van der Waals surface area contributed by atoms with Gasteiger partial charge >= 0.3 is 0 Å². The van der Waals surface area contributed by atoms with Crippen LogP contribution in [0.5, 0.6) is 0 Å². The third-order valence-electron chi connectivity index (χ3n) is 3.77. The van der Waals surface area contributed by atoms with Crippen molar-refractivity contribution in [2.75, 3.05) is 0 Å². The third kappa shape index (κ3) is 1.94. The Morgan fingerprint density at radius 3 is 1.57 bits per heavy atom. The van der Waals surface area contributed by atoms with Crippen molar-refractivity contribution in [1.29, 1.82) is 0 Å². The molecule has 0 fully saturated rings. The molecule has 14 heavy (non-hydrogen) atoms. The highest BCUT2D eigenvalue weighted by molar-refractivity contribution is 5.81. The van der Waals surface area contributed by atoms with Crippen LogP contribution in [0.15, 0.2) is 0 Å². The van der Waals surface area contributed by atoms with E-state index in [1.165, 1.54) is 0 Å². The van der Waals surface area contributed by atoms with Gasteiger partial charge in [-0.25, -0.2) is 0 Å². The molecule has 1 amide bonds. The van der Waals surface area contributed by atoms with Gasteiger partial charge in [-0.15, -0.1) is 0 Å². The summed E-state index contributed by atoms with van der Waals surface area (Å²) < 4.78 is 0. The molecule has 0 rings (SSSR count). The summed E-state index contributed by atoms with van der Waals surface area (Å²) in [6.07, 6.45) is 0.999. The highest BCUT2D eigenvalue weighted by Gasteiger charge is 2.46. The standard InChI is InChI=1S/C12H25NO/c1-7-10(6)12(8(2)3,9(4)5)11(13)14/h8-10H,7H2,1-6H3,(H2,13,14). The highest BCUT2D eigenvalue weighted by atomic mass is 16.1. The van der Waals surface area contributed by atoms with Crippen LogP contribution in [0.3, 0.4) is 0 Å². The van der Waals surface area contributed by atoms with Gasteiger partial charge < -0.3 is 5.73 Å². The smallest absolute Gasteiger partial charge is 0.224 e. The zero-order valence-electron chi connectivity index (χ0n) is 10.4. The number of nitrogens with two attached hydrogens (primary N) is 1. The molecule has 0 spiro atoms. The first-order chi connectivity index (χ1) is 6.31. The minimum atomic E-state index is -0.352. The van der Waals surface area contributed by atoms with Crippen LogP contribution in [0.1, 0.15) is 48.0 Å². The summed E-state index contributed by atoms with van der Waals surface area (Å²) in [5, 5.41) is 0. The Kier molecular flexibility index (Phi) is 4.63. The van der Waals surface area contributed by atoms with Crippen molar-refractivity contribution in [3.63, 3.8) is 0 Å². The van der Waals surface area contributed by atoms with E-state index in [9.17, 15) is 4.79 Å². The summed E-state index contributed by atoms with van der Waals surface area (Å²) in [5.74, 6) is 0.807. The van der Waals surface area contributed by atoms with Crippen molar-refractivity contribution >= 4 is 5.91 Å². The lowest BCUT2D eigenvalue weighted by Crippen LogP contribution is -2.50. The minimum absolute atomic E-state index is 0.142. The van der Waals surface area contributed by atoms with Crippen LogP contribution in [-0.4, -0.2) is 5.91 Å². The lowest BCUT2D eigenvalue weighted by molar-refractivity contribution is -0.138. The summed E-state index contributed by atoms with van der Waals surface area (Å²) in [7, 11) is 0. The molecule has 0 aromatic carbocycles. The second-order valence-corrected chi connectivity index (χ2v) is 4.92.